The molecule has 0 aliphatic rings. The Labute approximate surface area is 132 Å². The molecular weight excluding hydrogens is 296 g/mol. The van der Waals surface area contributed by atoms with E-state index < -0.39 is 0 Å². The van der Waals surface area contributed by atoms with Crippen LogP contribution in [0.4, 0.5) is 0 Å². The number of hydrogen-bond acceptors (Lipinski definition) is 3. The predicted molar refractivity (Wildman–Crippen MR) is 88.0 cm³/mol. The molecule has 114 valence electrons. The molecule has 0 spiro atoms. The molecule has 0 bridgehead atoms. The molecule has 2 heterocycles. The second kappa shape index (κ2) is 5.88. The maximum atomic E-state index is 12.4. The van der Waals surface area contributed by atoms with E-state index in [1.54, 1.807) is 28.3 Å². The van der Waals surface area contributed by atoms with Crippen LogP contribution in [0, 0.1) is 6.92 Å². The Kier molecular flexibility index (Phi) is 3.94. The zero-order chi connectivity index (χ0) is 15.7. The van der Waals surface area contributed by atoms with Crippen molar-refractivity contribution >= 4 is 27.5 Å². The van der Waals surface area contributed by atoms with Crippen LogP contribution in [0.25, 0.3) is 10.2 Å². The lowest BCUT2D eigenvalue weighted by molar-refractivity contribution is 0.0987. The van der Waals surface area contributed by atoms with E-state index in [1.165, 1.54) is 5.56 Å². The van der Waals surface area contributed by atoms with Crippen molar-refractivity contribution < 1.29 is 4.79 Å². The molecule has 6 heteroatoms. The summed E-state index contributed by atoms with van der Waals surface area (Å²) >= 11 is 1.55. The Morgan fingerprint density at radius 2 is 2.09 bits per heavy atom. The molecule has 0 N–H and O–H groups in total. The van der Waals surface area contributed by atoms with Crippen LogP contribution >= 0.6 is 11.3 Å². The second-order valence-corrected chi connectivity index (χ2v) is 6.06. The van der Waals surface area contributed by atoms with E-state index in [0.29, 0.717) is 12.2 Å². The molecule has 0 unspecified atom stereocenters. The maximum absolute atomic E-state index is 12.4. The van der Waals surface area contributed by atoms with Crippen LogP contribution in [0.2, 0.25) is 0 Å². The average Bonchev–Trinajstić information content (AvgIpc) is 3.09. The number of carbonyl (C=O) groups excluding carboxylic acids is 1. The highest BCUT2D eigenvalue weighted by Gasteiger charge is 2.12. The standard InChI is InChI=1S/C16H18N4OS/c1-4-19-12-7-6-11(3)10-14(12)22-16(19)18-15(21)13-8-9-17-20(13)5-2/h6-10H,4-5H2,1-3H3. The first-order valence-electron chi connectivity index (χ1n) is 7.35. The lowest BCUT2D eigenvalue weighted by Gasteiger charge is -2.01. The first-order valence-corrected chi connectivity index (χ1v) is 8.16. The number of amides is 1. The van der Waals surface area contributed by atoms with Crippen LogP contribution in [0.1, 0.15) is 29.9 Å². The molecule has 3 aromatic rings. The summed E-state index contributed by atoms with van der Waals surface area (Å²) in [4.78, 5) is 17.5. The minimum atomic E-state index is -0.246. The number of rotatable bonds is 3. The highest BCUT2D eigenvalue weighted by atomic mass is 32.1. The van der Waals surface area contributed by atoms with E-state index in [0.717, 1.165) is 21.6 Å². The van der Waals surface area contributed by atoms with Gasteiger partial charge in [0.25, 0.3) is 5.91 Å². The summed E-state index contributed by atoms with van der Waals surface area (Å²) in [5, 5.41) is 4.13. The van der Waals surface area contributed by atoms with E-state index in [9.17, 15) is 4.79 Å². The summed E-state index contributed by atoms with van der Waals surface area (Å²) in [6.07, 6.45) is 1.63. The number of hydrogen-bond donors (Lipinski definition) is 0. The molecule has 1 aromatic carbocycles. The molecule has 2 aromatic heterocycles. The van der Waals surface area contributed by atoms with Crippen LogP contribution in [-0.2, 0) is 13.1 Å². The minimum absolute atomic E-state index is 0.246. The molecule has 0 fully saturated rings. The molecule has 0 aliphatic heterocycles. The number of nitrogens with zero attached hydrogens (tertiary/aromatic N) is 4. The van der Waals surface area contributed by atoms with Crippen molar-refractivity contribution in [3.05, 3.63) is 46.5 Å². The Hall–Kier alpha value is -2.21. The Morgan fingerprint density at radius 1 is 1.27 bits per heavy atom. The maximum Gasteiger partial charge on any atom is 0.297 e. The van der Waals surface area contributed by atoms with Crippen molar-refractivity contribution in [2.45, 2.75) is 33.9 Å². The highest BCUT2D eigenvalue weighted by Crippen LogP contribution is 2.19. The van der Waals surface area contributed by atoms with E-state index in [4.69, 9.17) is 0 Å². The van der Waals surface area contributed by atoms with Gasteiger partial charge in [-0.1, -0.05) is 17.4 Å². The fourth-order valence-corrected chi connectivity index (χ4v) is 3.67. The molecule has 0 saturated carbocycles. The summed E-state index contributed by atoms with van der Waals surface area (Å²) in [5.41, 5.74) is 2.85. The summed E-state index contributed by atoms with van der Waals surface area (Å²) in [6, 6.07) is 8.01. The lowest BCUT2D eigenvalue weighted by atomic mass is 10.2. The molecule has 3 rings (SSSR count). The van der Waals surface area contributed by atoms with Crippen LogP contribution < -0.4 is 4.80 Å². The van der Waals surface area contributed by atoms with E-state index in [2.05, 4.69) is 46.7 Å². The Morgan fingerprint density at radius 3 is 2.82 bits per heavy atom. The number of carbonyl (C=O) groups is 1. The van der Waals surface area contributed by atoms with Crippen molar-refractivity contribution in [3.63, 3.8) is 0 Å². The third-order valence-corrected chi connectivity index (χ3v) is 4.63. The van der Waals surface area contributed by atoms with Gasteiger partial charge in [-0.3, -0.25) is 9.48 Å². The molecule has 22 heavy (non-hydrogen) atoms. The minimum Gasteiger partial charge on any atom is -0.317 e. The van der Waals surface area contributed by atoms with Gasteiger partial charge >= 0.3 is 0 Å². The zero-order valence-electron chi connectivity index (χ0n) is 12.9. The van der Waals surface area contributed by atoms with E-state index in [1.807, 2.05) is 6.92 Å². The molecular formula is C16H18N4OS. The number of fused-ring (bicyclic) bond motifs is 1. The normalized spacial score (nSPS) is 12.2. The molecule has 0 aliphatic carbocycles. The third-order valence-electron chi connectivity index (χ3n) is 3.59. The van der Waals surface area contributed by atoms with Crippen molar-refractivity contribution in [1.82, 2.24) is 14.3 Å². The smallest absolute Gasteiger partial charge is 0.297 e. The van der Waals surface area contributed by atoms with Gasteiger partial charge in [-0.2, -0.15) is 10.1 Å². The van der Waals surface area contributed by atoms with Crippen LogP contribution in [0.5, 0.6) is 0 Å². The van der Waals surface area contributed by atoms with Crippen molar-refractivity contribution in [1.29, 1.82) is 0 Å². The summed E-state index contributed by atoms with van der Waals surface area (Å²) in [6.45, 7) is 7.52. The van der Waals surface area contributed by atoms with Crippen molar-refractivity contribution in [2.75, 3.05) is 0 Å². The van der Waals surface area contributed by atoms with E-state index >= 15 is 0 Å². The first-order chi connectivity index (χ1) is 10.6. The fourth-order valence-electron chi connectivity index (χ4n) is 2.48. The number of aryl methyl sites for hydroxylation is 3. The van der Waals surface area contributed by atoms with Gasteiger partial charge in [-0.05, 0) is 44.5 Å². The van der Waals surface area contributed by atoms with Crippen molar-refractivity contribution in [2.24, 2.45) is 4.99 Å². The van der Waals surface area contributed by atoms with Gasteiger partial charge in [0, 0.05) is 19.3 Å². The predicted octanol–water partition coefficient (Wildman–Crippen LogP) is 2.99. The summed E-state index contributed by atoms with van der Waals surface area (Å²) < 4.78 is 4.89. The molecule has 1 amide bonds. The molecule has 5 nitrogen and oxygen atoms in total. The fraction of sp³-hybridized carbons (Fsp3) is 0.312. The van der Waals surface area contributed by atoms with Gasteiger partial charge in [-0.15, -0.1) is 0 Å². The van der Waals surface area contributed by atoms with Crippen LogP contribution in [-0.4, -0.2) is 20.3 Å². The van der Waals surface area contributed by atoms with Gasteiger partial charge in [0.1, 0.15) is 5.69 Å². The van der Waals surface area contributed by atoms with Gasteiger partial charge in [0.15, 0.2) is 4.80 Å². The number of aromatic nitrogens is 3. The van der Waals surface area contributed by atoms with Gasteiger partial charge in [0.05, 0.1) is 10.2 Å². The lowest BCUT2D eigenvalue weighted by Crippen LogP contribution is -2.17. The molecule has 0 radical (unpaired) electrons. The average molecular weight is 314 g/mol. The molecule has 0 atom stereocenters. The quantitative estimate of drug-likeness (QED) is 0.746. The summed E-state index contributed by atoms with van der Waals surface area (Å²) in [7, 11) is 0. The van der Waals surface area contributed by atoms with Gasteiger partial charge in [0.2, 0.25) is 0 Å². The van der Waals surface area contributed by atoms with E-state index in [-0.39, 0.29) is 5.91 Å². The second-order valence-electron chi connectivity index (χ2n) is 5.05. The van der Waals surface area contributed by atoms with Gasteiger partial charge in [-0.25, -0.2) is 0 Å². The van der Waals surface area contributed by atoms with Crippen LogP contribution in [0.15, 0.2) is 35.5 Å². The molecule has 0 saturated heterocycles. The van der Waals surface area contributed by atoms with Crippen molar-refractivity contribution in [3.8, 4) is 0 Å². The Bertz CT molecular complexity index is 900. The van der Waals surface area contributed by atoms with Gasteiger partial charge < -0.3 is 4.57 Å². The summed E-state index contributed by atoms with van der Waals surface area (Å²) in [5.74, 6) is -0.246. The third kappa shape index (κ3) is 2.50. The number of thiazole rings is 1. The Balaban J connectivity index is 2.14. The monoisotopic (exact) mass is 314 g/mol. The first kappa shape index (κ1) is 14.7. The van der Waals surface area contributed by atoms with Crippen LogP contribution in [0.3, 0.4) is 0 Å². The SMILES string of the molecule is CCn1nccc1C(=O)N=c1sc2cc(C)ccc2n1CC. The number of benzene rings is 1. The zero-order valence-corrected chi connectivity index (χ0v) is 13.7. The topological polar surface area (TPSA) is 52.2 Å². The highest BCUT2D eigenvalue weighted by molar-refractivity contribution is 7.16. The largest absolute Gasteiger partial charge is 0.317 e.